The van der Waals surface area contributed by atoms with Crippen molar-refractivity contribution in [2.45, 2.75) is 100 Å². The first kappa shape index (κ1) is 16.7. The zero-order valence-corrected chi connectivity index (χ0v) is 13.9. The molecule has 0 amide bonds. The van der Waals surface area contributed by atoms with E-state index in [1.807, 2.05) is 0 Å². The fraction of sp³-hybridized carbons (Fsp3) is 1.00. The lowest BCUT2D eigenvalue weighted by atomic mass is 9.79. The van der Waals surface area contributed by atoms with E-state index in [1.165, 1.54) is 64.5 Å². The highest BCUT2D eigenvalue weighted by Gasteiger charge is 2.37. The highest BCUT2D eigenvalue weighted by Crippen LogP contribution is 2.35. The lowest BCUT2D eigenvalue weighted by Crippen LogP contribution is -2.43. The van der Waals surface area contributed by atoms with Gasteiger partial charge in [-0.1, -0.05) is 0 Å². The molecular weight excluding hydrogens is 276 g/mol. The lowest BCUT2D eigenvalue weighted by Gasteiger charge is -2.35. The molecular formula is C18H34N2O2. The first-order valence-corrected chi connectivity index (χ1v) is 9.48. The van der Waals surface area contributed by atoms with Crippen molar-refractivity contribution in [2.24, 2.45) is 0 Å². The molecule has 4 N–H and O–H groups in total. The second kappa shape index (κ2) is 7.16. The molecule has 0 atom stereocenters. The molecule has 2 spiro atoms. The first-order valence-electron chi connectivity index (χ1n) is 9.48. The highest BCUT2D eigenvalue weighted by atomic mass is 16.3. The maximum Gasteiger partial charge on any atom is 0.0541 e. The van der Waals surface area contributed by atoms with Crippen molar-refractivity contribution >= 4 is 0 Å². The summed E-state index contributed by atoms with van der Waals surface area (Å²) >= 11 is 0. The van der Waals surface area contributed by atoms with Gasteiger partial charge in [-0.3, -0.25) is 0 Å². The molecule has 2 aliphatic heterocycles. The van der Waals surface area contributed by atoms with E-state index in [4.69, 9.17) is 0 Å². The summed E-state index contributed by atoms with van der Waals surface area (Å²) in [4.78, 5) is 0. The molecule has 4 nitrogen and oxygen atoms in total. The average Bonchev–Trinajstić information content (AvgIpc) is 3.18. The van der Waals surface area contributed by atoms with Crippen LogP contribution in [0.15, 0.2) is 0 Å². The van der Waals surface area contributed by atoms with Crippen LogP contribution >= 0.6 is 0 Å². The average molecular weight is 310 g/mol. The fourth-order valence-electron chi connectivity index (χ4n) is 4.90. The van der Waals surface area contributed by atoms with Crippen molar-refractivity contribution in [1.29, 1.82) is 0 Å². The third-order valence-corrected chi connectivity index (χ3v) is 6.49. The van der Waals surface area contributed by atoms with Gasteiger partial charge in [-0.15, -0.1) is 0 Å². The van der Waals surface area contributed by atoms with Crippen LogP contribution < -0.4 is 10.6 Å². The van der Waals surface area contributed by atoms with Crippen LogP contribution in [0.4, 0.5) is 0 Å². The summed E-state index contributed by atoms with van der Waals surface area (Å²) in [6.45, 7) is 2.38. The van der Waals surface area contributed by atoms with Crippen LogP contribution in [-0.4, -0.2) is 46.6 Å². The minimum Gasteiger partial charge on any atom is -0.393 e. The second-order valence-corrected chi connectivity index (χ2v) is 8.08. The summed E-state index contributed by atoms with van der Waals surface area (Å²) < 4.78 is 0. The summed E-state index contributed by atoms with van der Waals surface area (Å²) in [5.41, 5.74) is 0.887. The van der Waals surface area contributed by atoms with E-state index in [9.17, 15) is 10.2 Å². The molecule has 2 aliphatic carbocycles. The molecule has 0 aromatic rings. The molecule has 4 aliphatic rings. The van der Waals surface area contributed by atoms with Gasteiger partial charge in [-0.25, -0.2) is 0 Å². The molecule has 4 fully saturated rings. The number of hydrogen-bond acceptors (Lipinski definition) is 4. The van der Waals surface area contributed by atoms with Crippen molar-refractivity contribution < 1.29 is 10.2 Å². The van der Waals surface area contributed by atoms with Crippen molar-refractivity contribution in [3.8, 4) is 0 Å². The maximum absolute atomic E-state index is 9.33. The Hall–Kier alpha value is -0.160. The Labute approximate surface area is 135 Å². The summed E-state index contributed by atoms with van der Waals surface area (Å²) in [7, 11) is 0. The molecule has 0 unspecified atom stereocenters. The minimum absolute atomic E-state index is 0.0111. The molecule has 0 aromatic carbocycles. The first-order chi connectivity index (χ1) is 10.6. The van der Waals surface area contributed by atoms with Gasteiger partial charge < -0.3 is 20.8 Å². The van der Waals surface area contributed by atoms with Gasteiger partial charge in [0.2, 0.25) is 0 Å². The Morgan fingerprint density at radius 3 is 1.23 bits per heavy atom. The van der Waals surface area contributed by atoms with Crippen molar-refractivity contribution in [1.82, 2.24) is 10.6 Å². The summed E-state index contributed by atoms with van der Waals surface area (Å²) in [5.74, 6) is 0. The van der Waals surface area contributed by atoms with Crippen LogP contribution in [0, 0.1) is 0 Å². The van der Waals surface area contributed by atoms with Gasteiger partial charge in [0.25, 0.3) is 0 Å². The summed E-state index contributed by atoms with van der Waals surface area (Å²) in [5, 5.41) is 25.8. The topological polar surface area (TPSA) is 64.5 Å². The normalized spacial score (nSPS) is 45.0. The molecule has 4 rings (SSSR count). The van der Waals surface area contributed by atoms with E-state index >= 15 is 0 Å². The number of rotatable bonds is 0. The predicted octanol–water partition coefficient (Wildman–Crippen LogP) is 2.09. The van der Waals surface area contributed by atoms with E-state index in [2.05, 4.69) is 10.6 Å². The van der Waals surface area contributed by atoms with E-state index in [-0.39, 0.29) is 12.2 Å². The number of nitrogens with one attached hydrogen (secondary N) is 2. The molecule has 2 heterocycles. The number of aliphatic hydroxyl groups is 2. The quantitative estimate of drug-likeness (QED) is 0.553. The van der Waals surface area contributed by atoms with E-state index in [0.29, 0.717) is 11.1 Å². The van der Waals surface area contributed by atoms with E-state index in [1.54, 1.807) is 0 Å². The van der Waals surface area contributed by atoms with E-state index < -0.39 is 0 Å². The highest BCUT2D eigenvalue weighted by molar-refractivity contribution is 4.97. The minimum atomic E-state index is -0.0111. The maximum atomic E-state index is 9.33. The van der Waals surface area contributed by atoms with Crippen LogP contribution in [0.2, 0.25) is 0 Å². The Bertz CT molecular complexity index is 295. The fourth-order valence-corrected chi connectivity index (χ4v) is 4.90. The van der Waals surface area contributed by atoms with Crippen molar-refractivity contribution in [3.05, 3.63) is 0 Å². The van der Waals surface area contributed by atoms with Gasteiger partial charge in [0.1, 0.15) is 0 Å². The molecule has 2 saturated carbocycles. The Morgan fingerprint density at radius 1 is 0.591 bits per heavy atom. The summed E-state index contributed by atoms with van der Waals surface area (Å²) in [6.07, 6.45) is 14.1. The zero-order chi connectivity index (χ0) is 15.5. The Balaban J connectivity index is 0.000000131. The standard InChI is InChI=1S/2C9H17NO/c2*11-8-2-5-9(6-3-8)4-1-7-10-9/h2*8,10-11H,1-7H2. The van der Waals surface area contributed by atoms with Gasteiger partial charge >= 0.3 is 0 Å². The molecule has 4 heteroatoms. The van der Waals surface area contributed by atoms with Gasteiger partial charge in [0, 0.05) is 11.1 Å². The van der Waals surface area contributed by atoms with E-state index in [0.717, 1.165) is 25.7 Å². The molecule has 2 saturated heterocycles. The molecule has 0 radical (unpaired) electrons. The van der Waals surface area contributed by atoms with Gasteiger partial charge in [-0.2, -0.15) is 0 Å². The van der Waals surface area contributed by atoms with Crippen molar-refractivity contribution in [3.63, 3.8) is 0 Å². The van der Waals surface area contributed by atoms with Crippen LogP contribution in [0.25, 0.3) is 0 Å². The molecule has 22 heavy (non-hydrogen) atoms. The second-order valence-electron chi connectivity index (χ2n) is 8.08. The largest absolute Gasteiger partial charge is 0.393 e. The van der Waals surface area contributed by atoms with Crippen LogP contribution in [-0.2, 0) is 0 Å². The molecule has 128 valence electrons. The Kier molecular flexibility index (Phi) is 5.43. The van der Waals surface area contributed by atoms with Gasteiger partial charge in [-0.05, 0) is 90.1 Å². The van der Waals surface area contributed by atoms with Gasteiger partial charge in [0.05, 0.1) is 12.2 Å². The Morgan fingerprint density at radius 2 is 0.955 bits per heavy atom. The number of aliphatic hydroxyl groups excluding tert-OH is 2. The molecule has 0 aromatic heterocycles. The zero-order valence-electron chi connectivity index (χ0n) is 13.9. The third-order valence-electron chi connectivity index (χ3n) is 6.49. The van der Waals surface area contributed by atoms with Crippen LogP contribution in [0.1, 0.15) is 77.0 Å². The summed E-state index contributed by atoms with van der Waals surface area (Å²) in [6, 6.07) is 0. The third kappa shape index (κ3) is 4.02. The lowest BCUT2D eigenvalue weighted by molar-refractivity contribution is 0.0905. The monoisotopic (exact) mass is 310 g/mol. The SMILES string of the molecule is OC1CCC2(CCCN2)CC1.OC1CCC2(CCCN2)CC1. The van der Waals surface area contributed by atoms with Gasteiger partial charge in [0.15, 0.2) is 0 Å². The van der Waals surface area contributed by atoms with Crippen LogP contribution in [0.5, 0.6) is 0 Å². The van der Waals surface area contributed by atoms with Crippen LogP contribution in [0.3, 0.4) is 0 Å². The number of hydrogen-bond donors (Lipinski definition) is 4. The predicted molar refractivity (Wildman–Crippen MR) is 88.9 cm³/mol. The molecule has 0 bridgehead atoms. The smallest absolute Gasteiger partial charge is 0.0541 e. The van der Waals surface area contributed by atoms with Crippen molar-refractivity contribution in [2.75, 3.05) is 13.1 Å².